The minimum Gasteiger partial charge on any atom is -0.355 e. The lowest BCUT2D eigenvalue weighted by Crippen LogP contribution is -2.34. The number of aryl methyl sites for hydroxylation is 1. The summed E-state index contributed by atoms with van der Waals surface area (Å²) in [6, 6.07) is 7.28. The van der Waals surface area contributed by atoms with Crippen molar-refractivity contribution in [1.82, 2.24) is 0 Å². The highest BCUT2D eigenvalue weighted by Gasteiger charge is 2.33. The Morgan fingerprint density at radius 1 is 1.24 bits per heavy atom. The van der Waals surface area contributed by atoms with Crippen molar-refractivity contribution >= 4 is 12.6 Å². The fraction of sp³-hybridized carbons (Fsp3) is 0.429. The molecule has 0 fully saturated rings. The summed E-state index contributed by atoms with van der Waals surface area (Å²) in [6.07, 6.45) is 2.95. The van der Waals surface area contributed by atoms with E-state index >= 15 is 0 Å². The topological polar surface area (TPSA) is 43.4 Å². The first-order chi connectivity index (χ1) is 8.20. The van der Waals surface area contributed by atoms with Gasteiger partial charge < -0.3 is 4.74 Å². The van der Waals surface area contributed by atoms with Crippen molar-refractivity contribution in [3.8, 4) is 0 Å². The van der Waals surface area contributed by atoms with Crippen molar-refractivity contribution in [3.05, 3.63) is 35.4 Å². The number of hydrogen-bond donors (Lipinski definition) is 0. The van der Waals surface area contributed by atoms with Crippen LogP contribution >= 0.6 is 0 Å². The van der Waals surface area contributed by atoms with Crippen molar-refractivity contribution in [1.29, 1.82) is 0 Å². The zero-order valence-corrected chi connectivity index (χ0v) is 10.3. The molecule has 0 unspecified atom stereocenters. The maximum absolute atomic E-state index is 11.2. The standard InChI is InChI=1S/C14H18O3/c1-3-4-9-17-14(10-15,11-16)13-8-6-5-7-12(13)2/h5-8,10-11H,3-4,9H2,1-2H3. The van der Waals surface area contributed by atoms with E-state index in [4.69, 9.17) is 4.74 Å². The van der Waals surface area contributed by atoms with Gasteiger partial charge in [0.1, 0.15) is 0 Å². The fourth-order valence-corrected chi connectivity index (χ4v) is 1.70. The van der Waals surface area contributed by atoms with E-state index in [1.54, 1.807) is 12.1 Å². The molecule has 92 valence electrons. The Hall–Kier alpha value is -1.48. The van der Waals surface area contributed by atoms with Gasteiger partial charge in [-0.25, -0.2) is 0 Å². The second-order valence-corrected chi connectivity index (χ2v) is 4.05. The summed E-state index contributed by atoms with van der Waals surface area (Å²) in [7, 11) is 0. The number of benzene rings is 1. The van der Waals surface area contributed by atoms with Gasteiger partial charge in [0.15, 0.2) is 12.6 Å². The lowest BCUT2D eigenvalue weighted by molar-refractivity contribution is -0.143. The van der Waals surface area contributed by atoms with Crippen molar-refractivity contribution in [2.45, 2.75) is 32.3 Å². The van der Waals surface area contributed by atoms with Crippen LogP contribution in [0.1, 0.15) is 30.9 Å². The van der Waals surface area contributed by atoms with Crippen molar-refractivity contribution in [2.24, 2.45) is 0 Å². The maximum Gasteiger partial charge on any atom is 0.203 e. The van der Waals surface area contributed by atoms with Gasteiger partial charge in [0.05, 0.1) is 0 Å². The van der Waals surface area contributed by atoms with Crippen LogP contribution < -0.4 is 0 Å². The summed E-state index contributed by atoms with van der Waals surface area (Å²) in [5.74, 6) is 0. The third-order valence-electron chi connectivity index (χ3n) is 2.75. The Balaban J connectivity index is 3.02. The van der Waals surface area contributed by atoms with Gasteiger partial charge in [-0.3, -0.25) is 9.59 Å². The first kappa shape index (κ1) is 13.6. The first-order valence-corrected chi connectivity index (χ1v) is 5.83. The summed E-state index contributed by atoms with van der Waals surface area (Å²) in [5.41, 5.74) is 0.0600. The van der Waals surface area contributed by atoms with Crippen LogP contribution in [0.5, 0.6) is 0 Å². The van der Waals surface area contributed by atoms with Gasteiger partial charge >= 0.3 is 0 Å². The van der Waals surface area contributed by atoms with Crippen LogP contribution in [-0.4, -0.2) is 19.2 Å². The molecule has 0 spiro atoms. The molecule has 3 nitrogen and oxygen atoms in total. The molecule has 0 saturated heterocycles. The lowest BCUT2D eigenvalue weighted by Gasteiger charge is -2.24. The van der Waals surface area contributed by atoms with Crippen LogP contribution in [0.15, 0.2) is 24.3 Å². The lowest BCUT2D eigenvalue weighted by atomic mass is 9.92. The average Bonchev–Trinajstić information content (AvgIpc) is 2.36. The van der Waals surface area contributed by atoms with E-state index in [2.05, 4.69) is 0 Å². The number of aldehydes is 2. The second kappa shape index (κ2) is 6.30. The minimum atomic E-state index is -1.44. The van der Waals surface area contributed by atoms with E-state index in [0.717, 1.165) is 18.4 Å². The molecule has 0 aliphatic carbocycles. The molecule has 0 aliphatic rings. The molecule has 0 atom stereocenters. The summed E-state index contributed by atoms with van der Waals surface area (Å²) in [4.78, 5) is 22.5. The first-order valence-electron chi connectivity index (χ1n) is 5.83. The number of ether oxygens (including phenoxy) is 1. The van der Waals surface area contributed by atoms with Crippen molar-refractivity contribution in [3.63, 3.8) is 0 Å². The largest absolute Gasteiger partial charge is 0.355 e. The van der Waals surface area contributed by atoms with Crippen LogP contribution in [-0.2, 0) is 19.9 Å². The van der Waals surface area contributed by atoms with Crippen LogP contribution in [0, 0.1) is 6.92 Å². The van der Waals surface area contributed by atoms with Crippen LogP contribution in [0.3, 0.4) is 0 Å². The van der Waals surface area contributed by atoms with Gasteiger partial charge in [-0.15, -0.1) is 0 Å². The molecule has 0 aliphatic heterocycles. The number of hydrogen-bond acceptors (Lipinski definition) is 3. The van der Waals surface area contributed by atoms with Crippen LogP contribution in [0.4, 0.5) is 0 Å². The number of unbranched alkanes of at least 4 members (excludes halogenated alkanes) is 1. The molecule has 0 N–H and O–H groups in total. The highest BCUT2D eigenvalue weighted by atomic mass is 16.5. The predicted molar refractivity (Wildman–Crippen MR) is 65.8 cm³/mol. The Labute approximate surface area is 102 Å². The quantitative estimate of drug-likeness (QED) is 0.413. The van der Waals surface area contributed by atoms with Crippen LogP contribution in [0.25, 0.3) is 0 Å². The van der Waals surface area contributed by atoms with Gasteiger partial charge in [-0.05, 0) is 18.9 Å². The summed E-state index contributed by atoms with van der Waals surface area (Å²) in [5, 5.41) is 0. The molecule has 0 saturated carbocycles. The van der Waals surface area contributed by atoms with Gasteiger partial charge in [0.2, 0.25) is 5.60 Å². The molecule has 1 aromatic carbocycles. The minimum absolute atomic E-state index is 0.405. The highest BCUT2D eigenvalue weighted by Crippen LogP contribution is 2.25. The molecule has 0 aromatic heterocycles. The van der Waals surface area contributed by atoms with E-state index in [1.807, 2.05) is 26.0 Å². The van der Waals surface area contributed by atoms with Gasteiger partial charge in [0, 0.05) is 12.2 Å². The van der Waals surface area contributed by atoms with Crippen LogP contribution in [0.2, 0.25) is 0 Å². The number of rotatable bonds is 7. The number of carbonyl (C=O) groups is 2. The SMILES string of the molecule is CCCCOC(C=O)(C=O)c1ccccc1C. The molecule has 0 radical (unpaired) electrons. The van der Waals surface area contributed by atoms with E-state index in [1.165, 1.54) is 0 Å². The number of carbonyl (C=O) groups excluding carboxylic acids is 2. The fourth-order valence-electron chi connectivity index (χ4n) is 1.70. The average molecular weight is 234 g/mol. The van der Waals surface area contributed by atoms with E-state index in [9.17, 15) is 9.59 Å². The Morgan fingerprint density at radius 2 is 1.88 bits per heavy atom. The Kier molecular flexibility index (Phi) is 5.04. The maximum atomic E-state index is 11.2. The van der Waals surface area contributed by atoms with Gasteiger partial charge in [-0.1, -0.05) is 37.6 Å². The zero-order valence-electron chi connectivity index (χ0n) is 10.3. The smallest absolute Gasteiger partial charge is 0.203 e. The summed E-state index contributed by atoms with van der Waals surface area (Å²) >= 11 is 0. The van der Waals surface area contributed by atoms with E-state index < -0.39 is 5.60 Å². The predicted octanol–water partition coefficient (Wildman–Crippen LogP) is 2.40. The molecular weight excluding hydrogens is 216 g/mol. The van der Waals surface area contributed by atoms with E-state index in [0.29, 0.717) is 24.7 Å². The third-order valence-corrected chi connectivity index (χ3v) is 2.75. The molecule has 1 aromatic rings. The summed E-state index contributed by atoms with van der Waals surface area (Å²) in [6.45, 7) is 4.29. The monoisotopic (exact) mass is 234 g/mol. The van der Waals surface area contributed by atoms with E-state index in [-0.39, 0.29) is 0 Å². The molecular formula is C14H18O3. The molecule has 3 heteroatoms. The highest BCUT2D eigenvalue weighted by molar-refractivity contribution is 5.89. The second-order valence-electron chi connectivity index (χ2n) is 4.05. The molecule has 1 rings (SSSR count). The Morgan fingerprint density at radius 3 is 2.41 bits per heavy atom. The molecule has 0 amide bonds. The van der Waals surface area contributed by atoms with Crippen molar-refractivity contribution in [2.75, 3.05) is 6.61 Å². The molecule has 0 bridgehead atoms. The normalized spacial score (nSPS) is 11.2. The summed E-state index contributed by atoms with van der Waals surface area (Å²) < 4.78 is 5.50. The third kappa shape index (κ3) is 3.01. The van der Waals surface area contributed by atoms with Gasteiger partial charge in [-0.2, -0.15) is 0 Å². The molecule has 17 heavy (non-hydrogen) atoms. The van der Waals surface area contributed by atoms with Gasteiger partial charge in [0.25, 0.3) is 0 Å². The Bertz CT molecular complexity index is 377. The molecule has 0 heterocycles. The zero-order chi connectivity index (χ0) is 12.7. The van der Waals surface area contributed by atoms with Crippen molar-refractivity contribution < 1.29 is 14.3 Å².